The van der Waals surface area contributed by atoms with E-state index in [2.05, 4.69) is 28.0 Å². The van der Waals surface area contributed by atoms with Crippen molar-refractivity contribution in [1.29, 1.82) is 0 Å². The molecule has 1 unspecified atom stereocenters. The predicted octanol–water partition coefficient (Wildman–Crippen LogP) is 4.72. The molecule has 0 radical (unpaired) electrons. The van der Waals surface area contributed by atoms with Crippen molar-refractivity contribution in [1.82, 2.24) is 14.9 Å². The van der Waals surface area contributed by atoms with Crippen LogP contribution in [0.2, 0.25) is 0 Å². The Hall–Kier alpha value is -2.59. The Bertz CT molecular complexity index is 862. The van der Waals surface area contributed by atoms with Gasteiger partial charge in [0.15, 0.2) is 0 Å². The quantitative estimate of drug-likeness (QED) is 0.695. The van der Waals surface area contributed by atoms with Crippen LogP contribution in [0.5, 0.6) is 0 Å². The number of hydrogen-bond acceptors (Lipinski definition) is 3. The summed E-state index contributed by atoms with van der Waals surface area (Å²) in [6.45, 7) is 1.08. The first-order valence-corrected chi connectivity index (χ1v) is 8.58. The van der Waals surface area contributed by atoms with E-state index in [1.54, 1.807) is 18.5 Å². The summed E-state index contributed by atoms with van der Waals surface area (Å²) in [4.78, 5) is 10.4. The van der Waals surface area contributed by atoms with Crippen molar-refractivity contribution < 1.29 is 4.39 Å². The third kappa shape index (κ3) is 3.17. The molecule has 126 valence electrons. The molecule has 0 N–H and O–H groups in total. The Kier molecular flexibility index (Phi) is 4.28. The second-order valence-electron chi connectivity index (χ2n) is 6.58. The van der Waals surface area contributed by atoms with Crippen molar-refractivity contribution in [3.63, 3.8) is 0 Å². The highest BCUT2D eigenvalue weighted by Gasteiger charge is 2.23. The minimum Gasteiger partial charge on any atom is -0.299 e. The highest BCUT2D eigenvalue weighted by Crippen LogP contribution is 2.33. The topological polar surface area (TPSA) is 29.0 Å². The smallest absolute Gasteiger partial charge is 0.131 e. The molecule has 0 aliphatic carbocycles. The van der Waals surface area contributed by atoms with Crippen LogP contribution in [0.1, 0.15) is 24.4 Å². The van der Waals surface area contributed by atoms with Gasteiger partial charge in [-0.1, -0.05) is 36.4 Å². The number of aromatic nitrogens is 2. The first kappa shape index (κ1) is 15.9. The van der Waals surface area contributed by atoms with E-state index >= 15 is 0 Å². The summed E-state index contributed by atoms with van der Waals surface area (Å²) in [7, 11) is 2.11. The average molecular weight is 333 g/mol. The second kappa shape index (κ2) is 6.73. The molecule has 0 saturated carbocycles. The van der Waals surface area contributed by atoms with Gasteiger partial charge < -0.3 is 0 Å². The Morgan fingerprint density at radius 3 is 2.32 bits per heavy atom. The Balaban J connectivity index is 1.61. The number of likely N-dealkylation sites (tertiary alicyclic amines) is 1. The van der Waals surface area contributed by atoms with Gasteiger partial charge in [-0.25, -0.2) is 14.4 Å². The molecule has 3 aromatic rings. The molecular formula is C21H20FN3. The van der Waals surface area contributed by atoms with Gasteiger partial charge in [0.05, 0.1) is 0 Å². The van der Waals surface area contributed by atoms with Crippen LogP contribution in [0.4, 0.5) is 4.39 Å². The van der Waals surface area contributed by atoms with E-state index in [0.717, 1.165) is 35.2 Å². The van der Waals surface area contributed by atoms with Gasteiger partial charge in [0, 0.05) is 29.6 Å². The zero-order chi connectivity index (χ0) is 17.2. The van der Waals surface area contributed by atoms with E-state index in [9.17, 15) is 4.39 Å². The molecule has 1 fully saturated rings. The average Bonchev–Trinajstić information content (AvgIpc) is 3.08. The normalized spacial score (nSPS) is 17.8. The first-order valence-electron chi connectivity index (χ1n) is 8.58. The first-order chi connectivity index (χ1) is 12.2. The Morgan fingerprint density at radius 2 is 1.68 bits per heavy atom. The van der Waals surface area contributed by atoms with Gasteiger partial charge in [0.2, 0.25) is 0 Å². The molecule has 1 aliphatic heterocycles. The summed E-state index contributed by atoms with van der Waals surface area (Å²) in [6, 6.07) is 13.8. The number of nitrogens with zero attached hydrogens (tertiary/aromatic N) is 3. The van der Waals surface area contributed by atoms with E-state index in [4.69, 9.17) is 0 Å². The van der Waals surface area contributed by atoms with Crippen LogP contribution in [0, 0.1) is 5.82 Å². The van der Waals surface area contributed by atoms with Crippen LogP contribution in [0.3, 0.4) is 0 Å². The molecule has 1 aromatic heterocycles. The molecule has 0 bridgehead atoms. The maximum atomic E-state index is 14.7. The molecule has 1 atom stereocenters. The van der Waals surface area contributed by atoms with E-state index in [0.29, 0.717) is 11.6 Å². The molecule has 25 heavy (non-hydrogen) atoms. The molecule has 1 aliphatic rings. The fourth-order valence-electron chi connectivity index (χ4n) is 3.59. The standard InChI is InChI=1S/C21H20FN3/c1-25-10-2-3-21(25)17-8-9-19(20(22)11-17)16-6-4-15(5-7-16)18-12-23-14-24-13-18/h4-9,11-14,21H,2-3,10H2,1H3. The van der Waals surface area contributed by atoms with Crippen molar-refractivity contribution in [2.45, 2.75) is 18.9 Å². The Labute approximate surface area is 147 Å². The summed E-state index contributed by atoms with van der Waals surface area (Å²) < 4.78 is 14.7. The molecule has 2 aromatic carbocycles. The summed E-state index contributed by atoms with van der Waals surface area (Å²) in [5.41, 5.74) is 4.56. The molecule has 3 nitrogen and oxygen atoms in total. The van der Waals surface area contributed by atoms with Crippen LogP contribution in [-0.2, 0) is 0 Å². The minimum absolute atomic E-state index is 0.159. The second-order valence-corrected chi connectivity index (χ2v) is 6.58. The van der Waals surface area contributed by atoms with Crippen LogP contribution in [0.15, 0.2) is 61.2 Å². The number of hydrogen-bond donors (Lipinski definition) is 0. The van der Waals surface area contributed by atoms with E-state index in [-0.39, 0.29) is 5.82 Å². The van der Waals surface area contributed by atoms with Gasteiger partial charge in [-0.05, 0) is 49.2 Å². The van der Waals surface area contributed by atoms with Crippen LogP contribution < -0.4 is 0 Å². The van der Waals surface area contributed by atoms with E-state index in [1.807, 2.05) is 30.3 Å². The SMILES string of the molecule is CN1CCCC1c1ccc(-c2ccc(-c3cncnc3)cc2)c(F)c1. The molecule has 4 heteroatoms. The maximum absolute atomic E-state index is 14.7. The zero-order valence-corrected chi connectivity index (χ0v) is 14.2. The van der Waals surface area contributed by atoms with Gasteiger partial charge in [-0.3, -0.25) is 4.90 Å². The largest absolute Gasteiger partial charge is 0.299 e. The van der Waals surface area contributed by atoms with Gasteiger partial charge >= 0.3 is 0 Å². The van der Waals surface area contributed by atoms with Gasteiger partial charge in [0.1, 0.15) is 12.1 Å². The monoisotopic (exact) mass is 333 g/mol. The van der Waals surface area contributed by atoms with Crippen molar-refractivity contribution in [2.75, 3.05) is 13.6 Å². The van der Waals surface area contributed by atoms with Gasteiger partial charge in [-0.2, -0.15) is 0 Å². The van der Waals surface area contributed by atoms with Gasteiger partial charge in [0.25, 0.3) is 0 Å². The highest BCUT2D eigenvalue weighted by atomic mass is 19.1. The van der Waals surface area contributed by atoms with Crippen molar-refractivity contribution >= 4 is 0 Å². The fourth-order valence-corrected chi connectivity index (χ4v) is 3.59. The van der Waals surface area contributed by atoms with E-state index in [1.165, 1.54) is 12.7 Å². The van der Waals surface area contributed by atoms with Crippen molar-refractivity contribution in [2.24, 2.45) is 0 Å². The number of benzene rings is 2. The predicted molar refractivity (Wildman–Crippen MR) is 97.5 cm³/mol. The maximum Gasteiger partial charge on any atom is 0.131 e. The van der Waals surface area contributed by atoms with Crippen LogP contribution >= 0.6 is 0 Å². The summed E-state index contributed by atoms with van der Waals surface area (Å²) in [5, 5.41) is 0. The minimum atomic E-state index is -0.159. The summed E-state index contributed by atoms with van der Waals surface area (Å²) in [6.07, 6.45) is 7.33. The highest BCUT2D eigenvalue weighted by molar-refractivity contribution is 5.70. The number of halogens is 1. The van der Waals surface area contributed by atoms with Crippen molar-refractivity contribution in [3.8, 4) is 22.3 Å². The molecule has 2 heterocycles. The van der Waals surface area contributed by atoms with Crippen molar-refractivity contribution in [3.05, 3.63) is 72.6 Å². The lowest BCUT2D eigenvalue weighted by Gasteiger charge is -2.20. The molecule has 4 rings (SSSR count). The molecule has 0 amide bonds. The third-order valence-electron chi connectivity index (χ3n) is 4.99. The molecular weight excluding hydrogens is 313 g/mol. The summed E-state index contributed by atoms with van der Waals surface area (Å²) >= 11 is 0. The lowest BCUT2D eigenvalue weighted by atomic mass is 9.97. The fraction of sp³-hybridized carbons (Fsp3) is 0.238. The lowest BCUT2D eigenvalue weighted by Crippen LogP contribution is -2.17. The lowest BCUT2D eigenvalue weighted by molar-refractivity contribution is 0.317. The Morgan fingerprint density at radius 1 is 0.960 bits per heavy atom. The molecule has 1 saturated heterocycles. The molecule has 0 spiro atoms. The van der Waals surface area contributed by atoms with E-state index < -0.39 is 0 Å². The van der Waals surface area contributed by atoms with Crippen LogP contribution in [-0.4, -0.2) is 28.5 Å². The summed E-state index contributed by atoms with van der Waals surface area (Å²) in [5.74, 6) is -0.159. The van der Waals surface area contributed by atoms with Gasteiger partial charge in [-0.15, -0.1) is 0 Å². The van der Waals surface area contributed by atoms with Crippen LogP contribution in [0.25, 0.3) is 22.3 Å². The zero-order valence-electron chi connectivity index (χ0n) is 14.2. The third-order valence-corrected chi connectivity index (χ3v) is 4.99. The number of rotatable bonds is 3.